The Kier molecular flexibility index (Phi) is 4.85. The SMILES string of the molecule is CC(=O)Sc1ccccc1CCC(=O)Cl. The van der Waals surface area contributed by atoms with Crippen molar-refractivity contribution in [1.82, 2.24) is 0 Å². The number of carbonyl (C=O) groups excluding carboxylic acids is 2. The van der Waals surface area contributed by atoms with E-state index in [1.54, 1.807) is 0 Å². The number of hydrogen-bond acceptors (Lipinski definition) is 3. The molecule has 0 aliphatic rings. The zero-order chi connectivity index (χ0) is 11.3. The van der Waals surface area contributed by atoms with E-state index in [4.69, 9.17) is 11.6 Å². The molecule has 15 heavy (non-hydrogen) atoms. The summed E-state index contributed by atoms with van der Waals surface area (Å²) in [7, 11) is 0. The van der Waals surface area contributed by atoms with Gasteiger partial charge in [-0.2, -0.15) is 0 Å². The number of carbonyl (C=O) groups is 2. The van der Waals surface area contributed by atoms with Crippen LogP contribution < -0.4 is 0 Å². The first-order valence-electron chi connectivity index (χ1n) is 4.54. The van der Waals surface area contributed by atoms with E-state index in [1.807, 2.05) is 24.3 Å². The Morgan fingerprint density at radius 1 is 1.33 bits per heavy atom. The van der Waals surface area contributed by atoms with Crippen molar-refractivity contribution in [2.24, 2.45) is 0 Å². The van der Waals surface area contributed by atoms with Gasteiger partial charge in [-0.1, -0.05) is 30.0 Å². The lowest BCUT2D eigenvalue weighted by Gasteiger charge is -2.05. The molecule has 1 aromatic rings. The lowest BCUT2D eigenvalue weighted by atomic mass is 10.1. The number of thioether (sulfide) groups is 1. The number of benzene rings is 1. The van der Waals surface area contributed by atoms with E-state index in [2.05, 4.69) is 0 Å². The molecule has 80 valence electrons. The fourth-order valence-electron chi connectivity index (χ4n) is 1.20. The highest BCUT2D eigenvalue weighted by molar-refractivity contribution is 8.13. The second-order valence-electron chi connectivity index (χ2n) is 3.06. The zero-order valence-corrected chi connectivity index (χ0v) is 9.90. The van der Waals surface area contributed by atoms with Crippen LogP contribution >= 0.6 is 23.4 Å². The van der Waals surface area contributed by atoms with Crippen molar-refractivity contribution in [1.29, 1.82) is 0 Å². The Morgan fingerprint density at radius 2 is 2.00 bits per heavy atom. The standard InChI is InChI=1S/C11H11ClO2S/c1-8(13)15-10-5-3-2-4-9(10)6-7-11(12)14/h2-5H,6-7H2,1H3. The monoisotopic (exact) mass is 242 g/mol. The van der Waals surface area contributed by atoms with Crippen molar-refractivity contribution in [2.45, 2.75) is 24.7 Å². The number of aryl methyl sites for hydroxylation is 1. The Morgan fingerprint density at radius 3 is 2.60 bits per heavy atom. The molecule has 0 N–H and O–H groups in total. The summed E-state index contributed by atoms with van der Waals surface area (Å²) >= 11 is 6.46. The number of halogens is 1. The number of rotatable bonds is 4. The zero-order valence-electron chi connectivity index (χ0n) is 8.33. The summed E-state index contributed by atoms with van der Waals surface area (Å²) < 4.78 is 0. The third-order valence-corrected chi connectivity index (χ3v) is 2.91. The molecule has 0 spiro atoms. The van der Waals surface area contributed by atoms with Crippen molar-refractivity contribution < 1.29 is 9.59 Å². The summed E-state index contributed by atoms with van der Waals surface area (Å²) in [6.45, 7) is 1.52. The molecule has 0 bridgehead atoms. The largest absolute Gasteiger partial charge is 0.287 e. The summed E-state index contributed by atoms with van der Waals surface area (Å²) in [4.78, 5) is 22.5. The maximum Gasteiger partial charge on any atom is 0.221 e. The third kappa shape index (κ3) is 4.49. The first kappa shape index (κ1) is 12.3. The van der Waals surface area contributed by atoms with Gasteiger partial charge in [0.2, 0.25) is 5.24 Å². The minimum atomic E-state index is -0.349. The molecule has 2 nitrogen and oxygen atoms in total. The van der Waals surface area contributed by atoms with Crippen LogP contribution in [0.5, 0.6) is 0 Å². The highest BCUT2D eigenvalue weighted by atomic mass is 35.5. The van der Waals surface area contributed by atoms with Gasteiger partial charge in [-0.3, -0.25) is 9.59 Å². The first-order chi connectivity index (χ1) is 7.09. The molecular weight excluding hydrogens is 232 g/mol. The fraction of sp³-hybridized carbons (Fsp3) is 0.273. The van der Waals surface area contributed by atoms with E-state index >= 15 is 0 Å². The molecule has 0 amide bonds. The van der Waals surface area contributed by atoms with E-state index in [9.17, 15) is 9.59 Å². The van der Waals surface area contributed by atoms with Crippen LogP contribution in [0.3, 0.4) is 0 Å². The molecular formula is C11H11ClO2S. The maximum absolute atomic E-state index is 11.0. The minimum absolute atomic E-state index is 0.0413. The third-order valence-electron chi connectivity index (χ3n) is 1.82. The van der Waals surface area contributed by atoms with Crippen LogP contribution in [-0.2, 0) is 16.0 Å². The molecule has 0 saturated carbocycles. The molecule has 4 heteroatoms. The Bertz CT molecular complexity index is 377. The van der Waals surface area contributed by atoms with Gasteiger partial charge in [0.25, 0.3) is 0 Å². The van der Waals surface area contributed by atoms with Gasteiger partial charge in [0.05, 0.1) is 0 Å². The van der Waals surface area contributed by atoms with Crippen LogP contribution in [-0.4, -0.2) is 10.4 Å². The summed E-state index contributed by atoms with van der Waals surface area (Å²) in [6.07, 6.45) is 0.885. The van der Waals surface area contributed by atoms with Crippen LogP contribution in [0, 0.1) is 0 Å². The summed E-state index contributed by atoms with van der Waals surface area (Å²) in [5.41, 5.74) is 0.992. The summed E-state index contributed by atoms with van der Waals surface area (Å²) in [5.74, 6) is 0. The Balaban J connectivity index is 2.76. The van der Waals surface area contributed by atoms with Crippen molar-refractivity contribution in [3.05, 3.63) is 29.8 Å². The van der Waals surface area contributed by atoms with Gasteiger partial charge in [-0.25, -0.2) is 0 Å². The van der Waals surface area contributed by atoms with E-state index < -0.39 is 0 Å². The van der Waals surface area contributed by atoms with E-state index in [-0.39, 0.29) is 10.4 Å². The Labute approximate surface area is 98.0 Å². The molecule has 0 heterocycles. The van der Waals surface area contributed by atoms with Crippen molar-refractivity contribution in [3.63, 3.8) is 0 Å². The van der Waals surface area contributed by atoms with Crippen LogP contribution in [0.1, 0.15) is 18.9 Å². The number of hydrogen-bond donors (Lipinski definition) is 0. The topological polar surface area (TPSA) is 34.1 Å². The minimum Gasteiger partial charge on any atom is -0.287 e. The molecule has 1 rings (SSSR count). The van der Waals surface area contributed by atoms with Gasteiger partial charge >= 0.3 is 0 Å². The normalized spacial score (nSPS) is 10.0. The summed E-state index contributed by atoms with van der Waals surface area (Å²) in [6, 6.07) is 7.54. The highest BCUT2D eigenvalue weighted by Crippen LogP contribution is 2.24. The van der Waals surface area contributed by atoms with Crippen molar-refractivity contribution >= 4 is 33.7 Å². The average Bonchev–Trinajstić information content (AvgIpc) is 2.15. The fourth-order valence-corrected chi connectivity index (χ4v) is 2.05. The molecule has 0 aliphatic heterocycles. The molecule has 1 aromatic carbocycles. The molecule has 0 fully saturated rings. The van der Waals surface area contributed by atoms with Crippen molar-refractivity contribution in [3.8, 4) is 0 Å². The van der Waals surface area contributed by atoms with Gasteiger partial charge in [0, 0.05) is 18.2 Å². The Hall–Kier alpha value is -0.800. The van der Waals surface area contributed by atoms with Crippen molar-refractivity contribution in [2.75, 3.05) is 0 Å². The maximum atomic E-state index is 11.0. The highest BCUT2D eigenvalue weighted by Gasteiger charge is 2.06. The molecule has 0 saturated heterocycles. The van der Waals surface area contributed by atoms with Crippen LogP contribution in [0.2, 0.25) is 0 Å². The smallest absolute Gasteiger partial charge is 0.221 e. The van der Waals surface area contributed by atoms with E-state index in [1.165, 1.54) is 18.7 Å². The molecule has 0 radical (unpaired) electrons. The van der Waals surface area contributed by atoms with Gasteiger partial charge in [-0.15, -0.1) is 0 Å². The van der Waals surface area contributed by atoms with Crippen LogP contribution in [0.25, 0.3) is 0 Å². The van der Waals surface area contributed by atoms with E-state index in [0.29, 0.717) is 12.8 Å². The second kappa shape index (κ2) is 5.93. The van der Waals surface area contributed by atoms with Gasteiger partial charge in [0.15, 0.2) is 5.12 Å². The molecule has 0 unspecified atom stereocenters. The molecule has 0 atom stereocenters. The average molecular weight is 243 g/mol. The first-order valence-corrected chi connectivity index (χ1v) is 5.73. The second-order valence-corrected chi connectivity index (χ2v) is 4.70. The molecule has 0 aliphatic carbocycles. The molecule has 0 aromatic heterocycles. The predicted molar refractivity (Wildman–Crippen MR) is 62.2 cm³/mol. The van der Waals surface area contributed by atoms with Crippen LogP contribution in [0.4, 0.5) is 0 Å². The lowest BCUT2D eigenvalue weighted by Crippen LogP contribution is -1.94. The predicted octanol–water partition coefficient (Wildman–Crippen LogP) is 3.02. The summed E-state index contributed by atoms with van der Waals surface area (Å²) in [5, 5.41) is -0.308. The quantitative estimate of drug-likeness (QED) is 0.601. The van der Waals surface area contributed by atoms with Gasteiger partial charge < -0.3 is 0 Å². The van der Waals surface area contributed by atoms with Gasteiger partial charge in [0.1, 0.15) is 0 Å². The van der Waals surface area contributed by atoms with Gasteiger partial charge in [-0.05, 0) is 29.7 Å². The van der Waals surface area contributed by atoms with Crippen LogP contribution in [0.15, 0.2) is 29.2 Å². The van der Waals surface area contributed by atoms with E-state index in [0.717, 1.165) is 10.5 Å². The lowest BCUT2D eigenvalue weighted by molar-refractivity contribution is -0.111.